The zero-order valence-electron chi connectivity index (χ0n) is 11.7. The average Bonchev–Trinajstić information content (AvgIpc) is 2.42. The van der Waals surface area contributed by atoms with Crippen LogP contribution in [-0.4, -0.2) is 34.6 Å². The molecule has 0 aromatic carbocycles. The molecule has 19 heavy (non-hydrogen) atoms. The van der Waals surface area contributed by atoms with E-state index in [2.05, 4.69) is 22.2 Å². The molecule has 1 heterocycles. The van der Waals surface area contributed by atoms with Gasteiger partial charge in [-0.3, -0.25) is 10.1 Å². The lowest BCUT2D eigenvalue weighted by Gasteiger charge is -2.20. The van der Waals surface area contributed by atoms with E-state index >= 15 is 0 Å². The third-order valence-electron chi connectivity index (χ3n) is 3.09. The van der Waals surface area contributed by atoms with Gasteiger partial charge in [-0.15, -0.1) is 0 Å². The van der Waals surface area contributed by atoms with Gasteiger partial charge >= 0.3 is 5.69 Å². The largest absolute Gasteiger partial charge is 0.476 e. The van der Waals surface area contributed by atoms with E-state index in [1.807, 2.05) is 13.8 Å². The molecule has 0 fully saturated rings. The van der Waals surface area contributed by atoms with Crippen molar-refractivity contribution < 1.29 is 9.66 Å². The third kappa shape index (κ3) is 3.60. The molecule has 7 heteroatoms. The molecule has 1 rings (SSSR count). The van der Waals surface area contributed by atoms with Crippen LogP contribution >= 0.6 is 0 Å². The molecular weight excluding hydrogens is 248 g/mol. The number of nitrogens with zero attached hydrogens (tertiary/aromatic N) is 3. The van der Waals surface area contributed by atoms with E-state index in [0.29, 0.717) is 5.69 Å². The highest BCUT2D eigenvalue weighted by Crippen LogP contribution is 2.32. The molecule has 0 saturated heterocycles. The smallest absolute Gasteiger partial charge is 0.352 e. The van der Waals surface area contributed by atoms with Crippen LogP contribution in [0, 0.1) is 10.1 Å². The van der Waals surface area contributed by atoms with Crippen molar-refractivity contribution in [1.82, 2.24) is 15.3 Å². The number of nitro groups is 1. The van der Waals surface area contributed by atoms with Gasteiger partial charge in [-0.1, -0.05) is 13.8 Å². The summed E-state index contributed by atoms with van der Waals surface area (Å²) in [6, 6.07) is 0.0817. The minimum absolute atomic E-state index is 0.00421. The molecular formula is C12H20N4O3. The first kappa shape index (κ1) is 15.3. The highest BCUT2D eigenvalue weighted by atomic mass is 16.6. The molecule has 0 aliphatic carbocycles. The Balaban J connectivity index is 3.08. The third-order valence-corrected chi connectivity index (χ3v) is 3.09. The maximum Gasteiger partial charge on any atom is 0.352 e. The number of hydrogen-bond acceptors (Lipinski definition) is 6. The number of methoxy groups -OCH3 is 1. The van der Waals surface area contributed by atoms with Crippen molar-refractivity contribution in [2.45, 2.75) is 39.2 Å². The van der Waals surface area contributed by atoms with Crippen LogP contribution in [0.5, 0.6) is 5.88 Å². The Kier molecular flexibility index (Phi) is 5.62. The lowest BCUT2D eigenvalue weighted by molar-refractivity contribution is -0.387. The van der Waals surface area contributed by atoms with E-state index in [1.54, 1.807) is 0 Å². The highest BCUT2D eigenvalue weighted by molar-refractivity contribution is 5.46. The molecule has 1 aromatic heterocycles. The van der Waals surface area contributed by atoms with Gasteiger partial charge in [0.05, 0.1) is 12.0 Å². The SMILES string of the molecule is CCCNC(C)C(C)c1ncnc(OC)c1[N+](=O)[O-]. The molecule has 0 aliphatic rings. The zero-order valence-corrected chi connectivity index (χ0v) is 11.7. The first-order valence-corrected chi connectivity index (χ1v) is 6.29. The summed E-state index contributed by atoms with van der Waals surface area (Å²) < 4.78 is 4.95. The standard InChI is InChI=1S/C12H20N4O3/c1-5-6-13-9(3)8(2)10-11(16(17)18)12(19-4)15-7-14-10/h7-9,13H,5-6H2,1-4H3. The van der Waals surface area contributed by atoms with Gasteiger partial charge in [0.2, 0.25) is 0 Å². The van der Waals surface area contributed by atoms with Crippen molar-refractivity contribution in [2.75, 3.05) is 13.7 Å². The summed E-state index contributed by atoms with van der Waals surface area (Å²) in [5.74, 6) is -0.103. The average molecular weight is 268 g/mol. The lowest BCUT2D eigenvalue weighted by atomic mass is 9.98. The topological polar surface area (TPSA) is 90.2 Å². The summed E-state index contributed by atoms with van der Waals surface area (Å²) >= 11 is 0. The second-order valence-electron chi connectivity index (χ2n) is 4.41. The zero-order chi connectivity index (χ0) is 14.4. The van der Waals surface area contributed by atoms with E-state index < -0.39 is 4.92 Å². The summed E-state index contributed by atoms with van der Waals surface area (Å²) in [7, 11) is 1.36. The van der Waals surface area contributed by atoms with Gasteiger partial charge in [-0.2, -0.15) is 4.98 Å². The molecule has 106 valence electrons. The van der Waals surface area contributed by atoms with Crippen LogP contribution in [0.15, 0.2) is 6.33 Å². The second-order valence-corrected chi connectivity index (χ2v) is 4.41. The quantitative estimate of drug-likeness (QED) is 0.600. The van der Waals surface area contributed by atoms with Gasteiger partial charge in [0, 0.05) is 12.0 Å². The number of aromatic nitrogens is 2. The molecule has 0 amide bonds. The molecule has 0 radical (unpaired) electrons. The van der Waals surface area contributed by atoms with Gasteiger partial charge in [0.15, 0.2) is 0 Å². The Bertz CT molecular complexity index is 439. The number of nitrogens with one attached hydrogen (secondary N) is 1. The van der Waals surface area contributed by atoms with Gasteiger partial charge in [-0.25, -0.2) is 4.98 Å². The van der Waals surface area contributed by atoms with Crippen molar-refractivity contribution in [3.8, 4) is 5.88 Å². The maximum absolute atomic E-state index is 11.2. The van der Waals surface area contributed by atoms with E-state index in [4.69, 9.17) is 4.74 Å². The molecule has 0 bridgehead atoms. The molecule has 1 aromatic rings. The first-order chi connectivity index (χ1) is 9.02. The molecule has 0 saturated carbocycles. The fraction of sp³-hybridized carbons (Fsp3) is 0.667. The van der Waals surface area contributed by atoms with Gasteiger partial charge in [-0.05, 0) is 19.9 Å². The fourth-order valence-electron chi connectivity index (χ4n) is 1.82. The van der Waals surface area contributed by atoms with Crippen molar-refractivity contribution in [3.63, 3.8) is 0 Å². The molecule has 1 N–H and O–H groups in total. The van der Waals surface area contributed by atoms with Crippen LogP contribution < -0.4 is 10.1 Å². The van der Waals surface area contributed by atoms with Gasteiger partial charge in [0.25, 0.3) is 5.88 Å². The minimum Gasteiger partial charge on any atom is -0.476 e. The highest BCUT2D eigenvalue weighted by Gasteiger charge is 2.29. The normalized spacial score (nSPS) is 13.9. The Morgan fingerprint density at radius 1 is 1.47 bits per heavy atom. The summed E-state index contributed by atoms with van der Waals surface area (Å²) in [6.45, 7) is 6.82. The Morgan fingerprint density at radius 2 is 2.16 bits per heavy atom. The molecule has 2 atom stereocenters. The Morgan fingerprint density at radius 3 is 2.68 bits per heavy atom. The maximum atomic E-state index is 11.2. The Labute approximate surface area is 112 Å². The summed E-state index contributed by atoms with van der Waals surface area (Å²) in [5.41, 5.74) is 0.246. The van der Waals surface area contributed by atoms with Gasteiger partial charge in [0.1, 0.15) is 12.0 Å². The van der Waals surface area contributed by atoms with E-state index in [9.17, 15) is 10.1 Å². The van der Waals surface area contributed by atoms with Crippen LogP contribution in [-0.2, 0) is 0 Å². The van der Waals surface area contributed by atoms with Crippen LogP contribution in [0.3, 0.4) is 0 Å². The van der Waals surface area contributed by atoms with E-state index in [-0.39, 0.29) is 23.5 Å². The first-order valence-electron chi connectivity index (χ1n) is 6.29. The lowest BCUT2D eigenvalue weighted by Crippen LogP contribution is -2.32. The Hall–Kier alpha value is -1.76. The van der Waals surface area contributed by atoms with Crippen molar-refractivity contribution >= 4 is 5.69 Å². The second kappa shape index (κ2) is 6.98. The van der Waals surface area contributed by atoms with Crippen LogP contribution in [0.25, 0.3) is 0 Å². The summed E-state index contributed by atoms with van der Waals surface area (Å²) in [4.78, 5) is 18.5. The van der Waals surface area contributed by atoms with Gasteiger partial charge < -0.3 is 10.1 Å². The van der Waals surface area contributed by atoms with Crippen molar-refractivity contribution in [1.29, 1.82) is 0 Å². The molecule has 7 nitrogen and oxygen atoms in total. The molecule has 0 spiro atoms. The predicted molar refractivity (Wildman–Crippen MR) is 71.4 cm³/mol. The number of ether oxygens (including phenoxy) is 1. The molecule has 2 unspecified atom stereocenters. The van der Waals surface area contributed by atoms with Crippen molar-refractivity contribution in [2.24, 2.45) is 0 Å². The van der Waals surface area contributed by atoms with Crippen LogP contribution in [0.4, 0.5) is 5.69 Å². The number of hydrogen-bond donors (Lipinski definition) is 1. The van der Waals surface area contributed by atoms with Crippen LogP contribution in [0.2, 0.25) is 0 Å². The van der Waals surface area contributed by atoms with E-state index in [0.717, 1.165) is 13.0 Å². The summed E-state index contributed by atoms with van der Waals surface area (Å²) in [5, 5.41) is 14.5. The van der Waals surface area contributed by atoms with E-state index in [1.165, 1.54) is 13.4 Å². The summed E-state index contributed by atoms with van der Waals surface area (Å²) in [6.07, 6.45) is 2.30. The monoisotopic (exact) mass is 268 g/mol. The van der Waals surface area contributed by atoms with Crippen LogP contribution in [0.1, 0.15) is 38.8 Å². The number of rotatable bonds is 7. The minimum atomic E-state index is -0.489. The molecule has 0 aliphatic heterocycles. The van der Waals surface area contributed by atoms with Crippen molar-refractivity contribution in [3.05, 3.63) is 22.1 Å². The fourth-order valence-corrected chi connectivity index (χ4v) is 1.82. The predicted octanol–water partition coefficient (Wildman–Crippen LogP) is 1.88.